The van der Waals surface area contributed by atoms with E-state index in [1.54, 1.807) is 12.1 Å². The molecular weight excluding hydrogens is 438 g/mol. The van der Waals surface area contributed by atoms with Crippen molar-refractivity contribution in [3.8, 4) is 0 Å². The van der Waals surface area contributed by atoms with Gasteiger partial charge in [-0.25, -0.2) is 8.42 Å². The molecule has 1 aromatic heterocycles. The Balaban J connectivity index is 1.56. The number of rotatable bonds is 8. The zero-order valence-corrected chi connectivity index (χ0v) is 19.9. The van der Waals surface area contributed by atoms with Crippen LogP contribution in [0.1, 0.15) is 50.8 Å². The lowest BCUT2D eigenvalue weighted by Gasteiger charge is -2.26. The molecule has 2 fully saturated rings. The number of thiophene rings is 1. The summed E-state index contributed by atoms with van der Waals surface area (Å²) in [5.41, 5.74) is 0. The van der Waals surface area contributed by atoms with Crippen molar-refractivity contribution in [3.63, 3.8) is 0 Å². The Morgan fingerprint density at radius 1 is 1.16 bits per heavy atom. The van der Waals surface area contributed by atoms with E-state index < -0.39 is 16.1 Å². The number of amides is 2. The van der Waals surface area contributed by atoms with E-state index in [4.69, 9.17) is 4.74 Å². The summed E-state index contributed by atoms with van der Waals surface area (Å²) in [5, 5.41) is 5.79. The van der Waals surface area contributed by atoms with Gasteiger partial charge in [-0.2, -0.15) is 4.31 Å². The summed E-state index contributed by atoms with van der Waals surface area (Å²) >= 11 is 1.16. The van der Waals surface area contributed by atoms with Crippen molar-refractivity contribution in [2.45, 2.75) is 62.7 Å². The highest BCUT2D eigenvalue weighted by Gasteiger charge is 2.30. The Labute approximate surface area is 188 Å². The molecule has 0 spiro atoms. The first kappa shape index (κ1) is 24.2. The van der Waals surface area contributed by atoms with Gasteiger partial charge in [0.15, 0.2) is 0 Å². The van der Waals surface area contributed by atoms with E-state index in [9.17, 15) is 18.0 Å². The number of hydrogen-bond donors (Lipinski definition) is 2. The lowest BCUT2D eigenvalue weighted by molar-refractivity contribution is -0.132. The molecule has 1 aliphatic carbocycles. The maximum atomic E-state index is 12.8. The number of morpholine rings is 1. The quantitative estimate of drug-likeness (QED) is 0.604. The molecule has 3 rings (SSSR count). The summed E-state index contributed by atoms with van der Waals surface area (Å²) in [6.07, 6.45) is 5.05. The van der Waals surface area contributed by atoms with Crippen molar-refractivity contribution in [1.82, 2.24) is 14.9 Å². The Morgan fingerprint density at radius 2 is 1.84 bits per heavy atom. The van der Waals surface area contributed by atoms with E-state index in [0.29, 0.717) is 26.3 Å². The fourth-order valence-corrected chi connectivity index (χ4v) is 6.82. The van der Waals surface area contributed by atoms with Crippen LogP contribution in [0.15, 0.2) is 16.3 Å². The molecule has 2 amide bonds. The van der Waals surface area contributed by atoms with E-state index in [0.717, 1.165) is 41.9 Å². The summed E-state index contributed by atoms with van der Waals surface area (Å²) in [7, 11) is -3.54. The molecule has 2 aliphatic rings. The maximum Gasteiger partial charge on any atom is 0.252 e. The third-order valence-corrected chi connectivity index (χ3v) is 9.31. The van der Waals surface area contributed by atoms with Crippen LogP contribution in [0.3, 0.4) is 0 Å². The molecule has 0 radical (unpaired) electrons. The second-order valence-corrected chi connectivity index (χ2v) is 11.9. The fraction of sp³-hybridized carbons (Fsp3) is 0.714. The highest BCUT2D eigenvalue weighted by molar-refractivity contribution is 7.91. The van der Waals surface area contributed by atoms with Gasteiger partial charge >= 0.3 is 0 Å². The van der Waals surface area contributed by atoms with Gasteiger partial charge in [0.05, 0.1) is 19.8 Å². The minimum atomic E-state index is -3.54. The molecule has 1 aliphatic heterocycles. The molecule has 2 heterocycles. The molecular formula is C21H33N3O5S2. The SMILES string of the molecule is CC(C)C(NC(=O)C1CCCCC1)C(=O)NCc1ccc(S(=O)(=O)N2CCOCC2)s1. The van der Waals surface area contributed by atoms with Crippen LogP contribution in [0.25, 0.3) is 0 Å². The molecule has 0 bridgehead atoms. The molecule has 0 aromatic carbocycles. The van der Waals surface area contributed by atoms with Crippen LogP contribution in [0, 0.1) is 11.8 Å². The molecule has 10 heteroatoms. The molecule has 1 saturated heterocycles. The average molecular weight is 472 g/mol. The van der Waals surface area contributed by atoms with Gasteiger partial charge < -0.3 is 15.4 Å². The van der Waals surface area contributed by atoms with E-state index in [1.165, 1.54) is 10.7 Å². The number of nitrogens with one attached hydrogen (secondary N) is 2. The Hall–Kier alpha value is -1.49. The van der Waals surface area contributed by atoms with Crippen molar-refractivity contribution in [2.24, 2.45) is 11.8 Å². The van der Waals surface area contributed by atoms with Gasteiger partial charge in [-0.05, 0) is 30.9 Å². The Bertz CT molecular complexity index is 856. The molecule has 1 aromatic rings. The minimum Gasteiger partial charge on any atom is -0.379 e. The molecule has 31 heavy (non-hydrogen) atoms. The molecule has 8 nitrogen and oxygen atoms in total. The number of sulfonamides is 1. The second-order valence-electron chi connectivity index (χ2n) is 8.52. The number of carbonyl (C=O) groups excluding carboxylic acids is 2. The van der Waals surface area contributed by atoms with Crippen LogP contribution in [-0.2, 0) is 30.9 Å². The maximum absolute atomic E-state index is 12.8. The van der Waals surface area contributed by atoms with Crippen LogP contribution in [-0.4, -0.2) is 56.9 Å². The van der Waals surface area contributed by atoms with E-state index in [-0.39, 0.29) is 34.4 Å². The molecule has 174 valence electrons. The van der Waals surface area contributed by atoms with Gasteiger partial charge in [-0.3, -0.25) is 9.59 Å². The first-order chi connectivity index (χ1) is 14.8. The van der Waals surface area contributed by atoms with E-state index in [1.807, 2.05) is 13.8 Å². The van der Waals surface area contributed by atoms with Crippen LogP contribution in [0.4, 0.5) is 0 Å². The van der Waals surface area contributed by atoms with Gasteiger partial charge in [0.1, 0.15) is 10.3 Å². The summed E-state index contributed by atoms with van der Waals surface area (Å²) in [5.74, 6) is -0.338. The predicted molar refractivity (Wildman–Crippen MR) is 119 cm³/mol. The zero-order valence-electron chi connectivity index (χ0n) is 18.3. The predicted octanol–water partition coefficient (Wildman–Crippen LogP) is 2.11. The van der Waals surface area contributed by atoms with Gasteiger partial charge in [0.25, 0.3) is 10.0 Å². The first-order valence-electron chi connectivity index (χ1n) is 11.0. The fourth-order valence-electron chi connectivity index (χ4n) is 3.96. The molecule has 1 saturated carbocycles. The van der Waals surface area contributed by atoms with Gasteiger partial charge in [0.2, 0.25) is 11.8 Å². The van der Waals surface area contributed by atoms with E-state index in [2.05, 4.69) is 10.6 Å². The topological polar surface area (TPSA) is 105 Å². The second kappa shape index (κ2) is 10.9. The summed E-state index contributed by atoms with van der Waals surface area (Å²) < 4.78 is 32.4. The van der Waals surface area contributed by atoms with Gasteiger partial charge in [-0.1, -0.05) is 33.1 Å². The lowest BCUT2D eigenvalue weighted by Crippen LogP contribution is -2.51. The van der Waals surface area contributed by atoms with Crippen molar-refractivity contribution in [2.75, 3.05) is 26.3 Å². The highest BCUT2D eigenvalue weighted by atomic mass is 32.2. The minimum absolute atomic E-state index is 0.00644. The molecule has 2 N–H and O–H groups in total. The number of carbonyl (C=O) groups is 2. The van der Waals surface area contributed by atoms with Crippen LogP contribution < -0.4 is 10.6 Å². The number of ether oxygens (including phenoxy) is 1. The Kier molecular flexibility index (Phi) is 8.49. The molecule has 1 unspecified atom stereocenters. The van der Waals surface area contributed by atoms with Crippen LogP contribution >= 0.6 is 11.3 Å². The van der Waals surface area contributed by atoms with Gasteiger partial charge in [-0.15, -0.1) is 11.3 Å². The largest absolute Gasteiger partial charge is 0.379 e. The van der Waals surface area contributed by atoms with Gasteiger partial charge in [0, 0.05) is 23.9 Å². The third-order valence-electron chi connectivity index (χ3n) is 5.86. The number of nitrogens with zero attached hydrogens (tertiary/aromatic N) is 1. The standard InChI is InChI=1S/C21H33N3O5S2/c1-15(2)19(23-20(25)16-6-4-3-5-7-16)21(26)22-14-17-8-9-18(30-17)31(27,28)24-10-12-29-13-11-24/h8-9,15-16,19H,3-7,10-14H2,1-2H3,(H,22,26)(H,23,25). The third kappa shape index (κ3) is 6.27. The summed E-state index contributed by atoms with van der Waals surface area (Å²) in [6.45, 7) is 5.54. The summed E-state index contributed by atoms with van der Waals surface area (Å²) in [6, 6.07) is 2.70. The summed E-state index contributed by atoms with van der Waals surface area (Å²) in [4.78, 5) is 26.1. The highest BCUT2D eigenvalue weighted by Crippen LogP contribution is 2.26. The first-order valence-corrected chi connectivity index (χ1v) is 13.3. The van der Waals surface area contributed by atoms with Crippen LogP contribution in [0.2, 0.25) is 0 Å². The van der Waals surface area contributed by atoms with Crippen molar-refractivity contribution in [3.05, 3.63) is 17.0 Å². The normalized spacial score (nSPS) is 19.8. The Morgan fingerprint density at radius 3 is 2.48 bits per heavy atom. The van der Waals surface area contributed by atoms with Crippen molar-refractivity contribution in [1.29, 1.82) is 0 Å². The lowest BCUT2D eigenvalue weighted by atomic mass is 9.88. The smallest absolute Gasteiger partial charge is 0.252 e. The monoisotopic (exact) mass is 471 g/mol. The van der Waals surface area contributed by atoms with Crippen LogP contribution in [0.5, 0.6) is 0 Å². The van der Waals surface area contributed by atoms with E-state index >= 15 is 0 Å². The zero-order chi connectivity index (χ0) is 22.4. The molecule has 1 atom stereocenters. The van der Waals surface area contributed by atoms with Crippen molar-refractivity contribution >= 4 is 33.2 Å². The average Bonchev–Trinajstić information content (AvgIpc) is 3.26. The van der Waals surface area contributed by atoms with Crippen molar-refractivity contribution < 1.29 is 22.7 Å². The number of hydrogen-bond acceptors (Lipinski definition) is 6.